The molecule has 0 radical (unpaired) electrons. The van der Waals surface area contributed by atoms with Gasteiger partial charge in [-0.25, -0.2) is 4.68 Å². The van der Waals surface area contributed by atoms with Gasteiger partial charge in [0, 0.05) is 24.2 Å². The van der Waals surface area contributed by atoms with E-state index in [4.69, 9.17) is 5.11 Å². The zero-order valence-corrected chi connectivity index (χ0v) is 15.2. The largest absolute Gasteiger partial charge is 0.480 e. The molecule has 1 amide bonds. The van der Waals surface area contributed by atoms with Crippen molar-refractivity contribution in [3.05, 3.63) is 46.3 Å². The third kappa shape index (κ3) is 4.31. The number of nitrogens with one attached hydrogen (secondary N) is 1. The fraction of sp³-hybridized carbons (Fsp3) is 0.412. The van der Waals surface area contributed by atoms with Crippen LogP contribution in [-0.2, 0) is 4.79 Å². The summed E-state index contributed by atoms with van der Waals surface area (Å²) in [5.74, 6) is -1.26. The second-order valence-electron chi connectivity index (χ2n) is 6.58. The lowest BCUT2D eigenvalue weighted by Gasteiger charge is -2.42. The molecule has 0 aliphatic heterocycles. The summed E-state index contributed by atoms with van der Waals surface area (Å²) >= 11 is 0. The molecule has 1 aliphatic rings. The van der Waals surface area contributed by atoms with Crippen molar-refractivity contribution in [3.8, 4) is 5.69 Å². The maximum atomic E-state index is 12.3. The highest BCUT2D eigenvalue weighted by Gasteiger charge is 2.35. The molecule has 3 rings (SSSR count). The number of carbonyl (C=O) groups excluding carboxylic acids is 1. The van der Waals surface area contributed by atoms with E-state index in [1.165, 1.54) is 29.1 Å². The Balaban J connectivity index is 1.58. The van der Waals surface area contributed by atoms with Crippen LogP contribution in [0, 0.1) is 10.1 Å². The zero-order valence-electron chi connectivity index (χ0n) is 15.2. The van der Waals surface area contributed by atoms with Crippen LogP contribution in [0.4, 0.5) is 5.69 Å². The number of amides is 1. The summed E-state index contributed by atoms with van der Waals surface area (Å²) in [4.78, 5) is 35.4. The molecule has 2 aromatic rings. The Hall–Kier alpha value is -3.34. The average Bonchev–Trinajstić information content (AvgIpc) is 3.12. The first-order valence-corrected chi connectivity index (χ1v) is 8.81. The Bertz CT molecular complexity index is 892. The molecule has 28 heavy (non-hydrogen) atoms. The Labute approximate surface area is 160 Å². The normalized spacial score (nSPS) is 18.5. The van der Waals surface area contributed by atoms with E-state index in [9.17, 15) is 19.7 Å². The van der Waals surface area contributed by atoms with Gasteiger partial charge in [-0.05, 0) is 25.5 Å². The lowest BCUT2D eigenvalue weighted by molar-refractivity contribution is -0.384. The van der Waals surface area contributed by atoms with Gasteiger partial charge < -0.3 is 10.4 Å². The maximum Gasteiger partial charge on any atom is 0.317 e. The van der Waals surface area contributed by atoms with E-state index < -0.39 is 10.9 Å². The predicted octanol–water partition coefficient (Wildman–Crippen LogP) is 0.843. The van der Waals surface area contributed by atoms with Crippen LogP contribution < -0.4 is 5.32 Å². The standard InChI is InChI=1S/C17H20N6O5/c1-2-21(10-16(24)25)14-6-11(7-14)18-17(26)15-9-22(20-19-15)12-4-3-5-13(8-12)23(27)28/h3-5,8-9,11,14H,2,6-7,10H2,1H3,(H,18,26)(H,24,25). The number of aromatic nitrogens is 3. The first-order chi connectivity index (χ1) is 13.4. The van der Waals surface area contributed by atoms with E-state index in [-0.39, 0.29) is 35.9 Å². The van der Waals surface area contributed by atoms with Crippen molar-refractivity contribution in [2.75, 3.05) is 13.1 Å². The van der Waals surface area contributed by atoms with Gasteiger partial charge in [-0.3, -0.25) is 24.6 Å². The SMILES string of the molecule is CCN(CC(=O)O)C1CC(NC(=O)c2cn(-c3cccc([N+](=O)[O-])c3)nn2)C1. The molecule has 148 valence electrons. The van der Waals surface area contributed by atoms with E-state index in [1.54, 1.807) is 6.07 Å². The number of nitro benzene ring substituents is 1. The summed E-state index contributed by atoms with van der Waals surface area (Å²) in [7, 11) is 0. The Morgan fingerprint density at radius 1 is 1.43 bits per heavy atom. The van der Waals surface area contributed by atoms with Gasteiger partial charge in [-0.1, -0.05) is 18.2 Å². The molecule has 11 nitrogen and oxygen atoms in total. The van der Waals surface area contributed by atoms with Gasteiger partial charge in [-0.15, -0.1) is 5.10 Å². The molecule has 1 saturated carbocycles. The van der Waals surface area contributed by atoms with Crippen molar-refractivity contribution in [2.24, 2.45) is 0 Å². The van der Waals surface area contributed by atoms with Crippen LogP contribution in [0.15, 0.2) is 30.5 Å². The number of carboxylic acids is 1. The molecule has 0 bridgehead atoms. The third-order valence-corrected chi connectivity index (χ3v) is 4.74. The number of carbonyl (C=O) groups is 2. The van der Waals surface area contributed by atoms with Gasteiger partial charge in [0.1, 0.15) is 0 Å². The molecule has 1 fully saturated rings. The molecule has 1 aliphatic carbocycles. The van der Waals surface area contributed by atoms with E-state index in [1.807, 2.05) is 11.8 Å². The van der Waals surface area contributed by atoms with Gasteiger partial charge in [0.05, 0.1) is 23.4 Å². The Morgan fingerprint density at radius 2 is 2.18 bits per heavy atom. The number of aliphatic carboxylic acids is 1. The van der Waals surface area contributed by atoms with Crippen LogP contribution in [0.25, 0.3) is 5.69 Å². The van der Waals surface area contributed by atoms with Crippen molar-refractivity contribution >= 4 is 17.6 Å². The molecular formula is C17H20N6O5. The number of benzene rings is 1. The minimum Gasteiger partial charge on any atom is -0.480 e. The summed E-state index contributed by atoms with van der Waals surface area (Å²) in [6.45, 7) is 2.52. The quantitative estimate of drug-likeness (QED) is 0.500. The summed E-state index contributed by atoms with van der Waals surface area (Å²) in [6, 6.07) is 5.94. The number of rotatable bonds is 8. The van der Waals surface area contributed by atoms with Gasteiger partial charge in [0.25, 0.3) is 11.6 Å². The highest BCUT2D eigenvalue weighted by Crippen LogP contribution is 2.25. The van der Waals surface area contributed by atoms with E-state index in [2.05, 4.69) is 15.6 Å². The molecule has 1 heterocycles. The second kappa shape index (κ2) is 8.13. The maximum absolute atomic E-state index is 12.3. The predicted molar refractivity (Wildman–Crippen MR) is 97.2 cm³/mol. The molecule has 0 atom stereocenters. The van der Waals surface area contributed by atoms with Gasteiger partial charge >= 0.3 is 5.97 Å². The Morgan fingerprint density at radius 3 is 2.82 bits per heavy atom. The molecule has 0 unspecified atom stereocenters. The van der Waals surface area contributed by atoms with Crippen molar-refractivity contribution in [1.82, 2.24) is 25.2 Å². The number of hydrogen-bond acceptors (Lipinski definition) is 7. The van der Waals surface area contributed by atoms with Crippen molar-refractivity contribution in [1.29, 1.82) is 0 Å². The molecule has 1 aromatic heterocycles. The lowest BCUT2D eigenvalue weighted by Crippen LogP contribution is -2.54. The molecule has 1 aromatic carbocycles. The monoisotopic (exact) mass is 388 g/mol. The number of likely N-dealkylation sites (N-methyl/N-ethyl adjacent to an activating group) is 1. The topological polar surface area (TPSA) is 143 Å². The van der Waals surface area contributed by atoms with Crippen LogP contribution in [0.5, 0.6) is 0 Å². The highest BCUT2D eigenvalue weighted by molar-refractivity contribution is 5.92. The molecule has 11 heteroatoms. The van der Waals surface area contributed by atoms with Crippen molar-refractivity contribution in [2.45, 2.75) is 31.8 Å². The number of non-ortho nitro benzene ring substituents is 1. The third-order valence-electron chi connectivity index (χ3n) is 4.74. The Kier molecular flexibility index (Phi) is 5.64. The van der Waals surface area contributed by atoms with Crippen molar-refractivity contribution < 1.29 is 19.6 Å². The number of nitrogens with zero attached hydrogens (tertiary/aromatic N) is 5. The fourth-order valence-electron chi connectivity index (χ4n) is 3.18. The highest BCUT2D eigenvalue weighted by atomic mass is 16.6. The number of carboxylic acid groups (broad SMARTS) is 1. The summed E-state index contributed by atoms with van der Waals surface area (Å²) in [5, 5.41) is 30.3. The van der Waals surface area contributed by atoms with Gasteiger partial charge in [-0.2, -0.15) is 0 Å². The molecule has 0 spiro atoms. The van der Waals surface area contributed by atoms with Crippen LogP contribution in [0.3, 0.4) is 0 Å². The first-order valence-electron chi connectivity index (χ1n) is 8.81. The van der Waals surface area contributed by atoms with Crippen LogP contribution >= 0.6 is 0 Å². The smallest absolute Gasteiger partial charge is 0.317 e. The van der Waals surface area contributed by atoms with Crippen molar-refractivity contribution in [3.63, 3.8) is 0 Å². The fourth-order valence-corrected chi connectivity index (χ4v) is 3.18. The summed E-state index contributed by atoms with van der Waals surface area (Å²) < 4.78 is 1.30. The molecule has 0 saturated heterocycles. The van der Waals surface area contributed by atoms with Crippen LogP contribution in [0.2, 0.25) is 0 Å². The second-order valence-corrected chi connectivity index (χ2v) is 6.58. The van der Waals surface area contributed by atoms with E-state index >= 15 is 0 Å². The molecule has 2 N–H and O–H groups in total. The first kappa shape index (κ1) is 19.4. The van der Waals surface area contributed by atoms with E-state index in [0.717, 1.165) is 0 Å². The van der Waals surface area contributed by atoms with Crippen LogP contribution in [-0.4, -0.2) is 67.0 Å². The minimum atomic E-state index is -0.868. The zero-order chi connectivity index (χ0) is 20.3. The average molecular weight is 388 g/mol. The molecular weight excluding hydrogens is 368 g/mol. The van der Waals surface area contributed by atoms with Gasteiger partial charge in [0.2, 0.25) is 0 Å². The number of nitro groups is 1. The summed E-state index contributed by atoms with van der Waals surface area (Å²) in [6.07, 6.45) is 2.76. The van der Waals surface area contributed by atoms with E-state index in [0.29, 0.717) is 25.1 Å². The van der Waals surface area contributed by atoms with Crippen LogP contribution in [0.1, 0.15) is 30.3 Å². The minimum absolute atomic E-state index is 0.0145. The lowest BCUT2D eigenvalue weighted by atomic mass is 9.85. The summed E-state index contributed by atoms with van der Waals surface area (Å²) in [5.41, 5.74) is 0.450. The van der Waals surface area contributed by atoms with Gasteiger partial charge in [0.15, 0.2) is 5.69 Å². The number of hydrogen-bond donors (Lipinski definition) is 2.